The first kappa shape index (κ1) is 20.2. The molecule has 2 aromatic carbocycles. The normalized spacial score (nSPS) is 20.1. The monoisotopic (exact) mass is 362 g/mol. The summed E-state index contributed by atoms with van der Waals surface area (Å²) in [7, 11) is 0. The summed E-state index contributed by atoms with van der Waals surface area (Å²) in [5, 5.41) is 0. The summed E-state index contributed by atoms with van der Waals surface area (Å²) in [4.78, 5) is 0. The number of aryl methyl sites for hydroxylation is 1. The van der Waals surface area contributed by atoms with Crippen molar-refractivity contribution in [2.75, 3.05) is 0 Å². The Balaban J connectivity index is 1.56. The molecule has 0 amide bonds. The van der Waals surface area contributed by atoms with E-state index in [1.165, 1.54) is 74.5 Å². The molecule has 1 fully saturated rings. The predicted octanol–water partition coefficient (Wildman–Crippen LogP) is 8.41. The van der Waals surface area contributed by atoms with E-state index in [1.807, 2.05) is 0 Å². The maximum Gasteiger partial charge on any atom is -0.0162 e. The van der Waals surface area contributed by atoms with Crippen LogP contribution in [0.2, 0.25) is 0 Å². The predicted molar refractivity (Wildman–Crippen MR) is 119 cm³/mol. The van der Waals surface area contributed by atoms with Crippen LogP contribution in [0.1, 0.15) is 89.2 Å². The molecule has 0 nitrogen and oxygen atoms in total. The van der Waals surface area contributed by atoms with Crippen molar-refractivity contribution in [2.24, 2.45) is 11.8 Å². The van der Waals surface area contributed by atoms with Gasteiger partial charge in [-0.25, -0.2) is 0 Å². The molecule has 0 saturated heterocycles. The minimum atomic E-state index is 0.781. The summed E-state index contributed by atoms with van der Waals surface area (Å²) in [6.45, 7) is 7.00. The fourth-order valence-corrected chi connectivity index (χ4v) is 4.79. The topological polar surface area (TPSA) is 0 Å². The summed E-state index contributed by atoms with van der Waals surface area (Å²) in [5.74, 6) is 2.60. The van der Waals surface area contributed by atoms with Gasteiger partial charge in [0.05, 0.1) is 0 Å². The van der Waals surface area contributed by atoms with Crippen molar-refractivity contribution in [3.63, 3.8) is 0 Å². The van der Waals surface area contributed by atoms with Crippen LogP contribution < -0.4 is 0 Å². The van der Waals surface area contributed by atoms with E-state index in [0.717, 1.165) is 17.8 Å². The fourth-order valence-electron chi connectivity index (χ4n) is 4.79. The standard InChI is InChI=1S/C27H38/c1-4-5-6-7-22-8-12-24(13-9-22)26-16-18-27(19-17-26)25-14-10-23(11-15-25)20-21(2)3/h8-9,12-13,16-19,21,23,25H,4-7,10-11,14-15,20H2,1-3H3. The van der Waals surface area contributed by atoms with Gasteiger partial charge >= 0.3 is 0 Å². The first-order chi connectivity index (χ1) is 13.2. The third-order valence-electron chi connectivity index (χ3n) is 6.39. The van der Waals surface area contributed by atoms with Gasteiger partial charge < -0.3 is 0 Å². The smallest absolute Gasteiger partial charge is 0.0162 e. The first-order valence-electron chi connectivity index (χ1n) is 11.3. The minimum absolute atomic E-state index is 0.781. The number of benzene rings is 2. The van der Waals surface area contributed by atoms with Gasteiger partial charge in [0.25, 0.3) is 0 Å². The van der Waals surface area contributed by atoms with E-state index < -0.39 is 0 Å². The molecule has 0 aromatic heterocycles. The maximum absolute atomic E-state index is 2.39. The molecule has 0 radical (unpaired) electrons. The van der Waals surface area contributed by atoms with Crippen LogP contribution in [0.5, 0.6) is 0 Å². The zero-order valence-electron chi connectivity index (χ0n) is 17.7. The van der Waals surface area contributed by atoms with Gasteiger partial charge in [-0.2, -0.15) is 0 Å². The highest BCUT2D eigenvalue weighted by Gasteiger charge is 2.22. The number of hydrogen-bond acceptors (Lipinski definition) is 0. The van der Waals surface area contributed by atoms with Crippen LogP contribution in [0.25, 0.3) is 11.1 Å². The van der Waals surface area contributed by atoms with E-state index in [4.69, 9.17) is 0 Å². The molecule has 0 atom stereocenters. The zero-order valence-corrected chi connectivity index (χ0v) is 17.7. The van der Waals surface area contributed by atoms with Crippen LogP contribution in [0.4, 0.5) is 0 Å². The fraction of sp³-hybridized carbons (Fsp3) is 0.556. The molecule has 27 heavy (non-hydrogen) atoms. The van der Waals surface area contributed by atoms with Crippen LogP contribution in [-0.2, 0) is 6.42 Å². The van der Waals surface area contributed by atoms with E-state index in [2.05, 4.69) is 69.3 Å². The average molecular weight is 363 g/mol. The van der Waals surface area contributed by atoms with Crippen LogP contribution in [0.3, 0.4) is 0 Å². The van der Waals surface area contributed by atoms with Crippen molar-refractivity contribution in [2.45, 2.75) is 84.5 Å². The molecule has 3 rings (SSSR count). The Morgan fingerprint density at radius 3 is 1.93 bits per heavy atom. The summed E-state index contributed by atoms with van der Waals surface area (Å²) in [6, 6.07) is 18.7. The van der Waals surface area contributed by atoms with E-state index in [-0.39, 0.29) is 0 Å². The van der Waals surface area contributed by atoms with Gasteiger partial charge in [0.2, 0.25) is 0 Å². The second kappa shape index (κ2) is 10.1. The van der Waals surface area contributed by atoms with Gasteiger partial charge in [-0.15, -0.1) is 0 Å². The average Bonchev–Trinajstić information content (AvgIpc) is 2.69. The molecule has 0 N–H and O–H groups in total. The SMILES string of the molecule is CCCCCc1ccc(-c2ccc(C3CCC(CC(C)C)CC3)cc2)cc1. The number of rotatable bonds is 8. The van der Waals surface area contributed by atoms with Crippen LogP contribution in [-0.4, -0.2) is 0 Å². The molecule has 0 spiro atoms. The van der Waals surface area contributed by atoms with Crippen LogP contribution >= 0.6 is 0 Å². The van der Waals surface area contributed by atoms with Gasteiger partial charge in [-0.3, -0.25) is 0 Å². The Kier molecular flexibility index (Phi) is 7.56. The van der Waals surface area contributed by atoms with E-state index in [0.29, 0.717) is 0 Å². The van der Waals surface area contributed by atoms with Gasteiger partial charge in [-0.05, 0) is 85.0 Å². The van der Waals surface area contributed by atoms with Crippen molar-refractivity contribution >= 4 is 0 Å². The van der Waals surface area contributed by atoms with Crippen LogP contribution in [0, 0.1) is 11.8 Å². The Bertz CT molecular complexity index is 654. The van der Waals surface area contributed by atoms with Crippen LogP contribution in [0.15, 0.2) is 48.5 Å². The van der Waals surface area contributed by atoms with Gasteiger partial charge in [0, 0.05) is 0 Å². The quantitative estimate of drug-likeness (QED) is 0.413. The van der Waals surface area contributed by atoms with E-state index in [1.54, 1.807) is 5.56 Å². The highest BCUT2D eigenvalue weighted by Crippen LogP contribution is 2.38. The molecule has 0 heteroatoms. The zero-order chi connectivity index (χ0) is 19.1. The van der Waals surface area contributed by atoms with Gasteiger partial charge in [0.15, 0.2) is 0 Å². The molecule has 0 unspecified atom stereocenters. The molecule has 1 aliphatic carbocycles. The third kappa shape index (κ3) is 5.96. The lowest BCUT2D eigenvalue weighted by Crippen LogP contribution is -2.14. The molecule has 1 aliphatic rings. The molecule has 0 bridgehead atoms. The lowest BCUT2D eigenvalue weighted by Gasteiger charge is -2.29. The Labute approximate surface area is 167 Å². The molecule has 2 aromatic rings. The molecule has 1 saturated carbocycles. The lowest BCUT2D eigenvalue weighted by atomic mass is 9.76. The molecular formula is C27H38. The summed E-state index contributed by atoms with van der Waals surface area (Å²) in [6.07, 6.45) is 12.2. The Morgan fingerprint density at radius 2 is 1.37 bits per heavy atom. The summed E-state index contributed by atoms with van der Waals surface area (Å²) in [5.41, 5.74) is 5.73. The molecule has 0 heterocycles. The number of unbranched alkanes of at least 4 members (excludes halogenated alkanes) is 2. The highest BCUT2D eigenvalue weighted by molar-refractivity contribution is 5.64. The lowest BCUT2D eigenvalue weighted by molar-refractivity contribution is 0.283. The summed E-state index contributed by atoms with van der Waals surface area (Å²) < 4.78 is 0. The third-order valence-corrected chi connectivity index (χ3v) is 6.39. The Hall–Kier alpha value is -1.56. The maximum atomic E-state index is 2.39. The Morgan fingerprint density at radius 1 is 0.778 bits per heavy atom. The van der Waals surface area contributed by atoms with Gasteiger partial charge in [0.1, 0.15) is 0 Å². The summed E-state index contributed by atoms with van der Waals surface area (Å²) >= 11 is 0. The second-order valence-electron chi connectivity index (χ2n) is 9.12. The molecular weight excluding hydrogens is 324 g/mol. The minimum Gasteiger partial charge on any atom is -0.0654 e. The van der Waals surface area contributed by atoms with Crippen molar-refractivity contribution in [3.05, 3.63) is 59.7 Å². The largest absolute Gasteiger partial charge is 0.0654 e. The second-order valence-corrected chi connectivity index (χ2v) is 9.12. The first-order valence-corrected chi connectivity index (χ1v) is 11.3. The van der Waals surface area contributed by atoms with E-state index in [9.17, 15) is 0 Å². The van der Waals surface area contributed by atoms with E-state index >= 15 is 0 Å². The van der Waals surface area contributed by atoms with Gasteiger partial charge in [-0.1, -0.05) is 82.1 Å². The van der Waals surface area contributed by atoms with Crippen molar-refractivity contribution < 1.29 is 0 Å². The molecule has 146 valence electrons. The van der Waals surface area contributed by atoms with Crippen molar-refractivity contribution in [1.29, 1.82) is 0 Å². The molecule has 0 aliphatic heterocycles. The van der Waals surface area contributed by atoms with Crippen molar-refractivity contribution in [3.8, 4) is 11.1 Å². The highest BCUT2D eigenvalue weighted by atomic mass is 14.3. The van der Waals surface area contributed by atoms with Crippen molar-refractivity contribution in [1.82, 2.24) is 0 Å². The number of hydrogen-bond donors (Lipinski definition) is 0.